The summed E-state index contributed by atoms with van der Waals surface area (Å²) in [5, 5.41) is 19.9. The van der Waals surface area contributed by atoms with E-state index in [-0.39, 0.29) is 17.9 Å². The fourth-order valence-corrected chi connectivity index (χ4v) is 3.61. The Morgan fingerprint density at radius 1 is 1.11 bits per heavy atom. The van der Waals surface area contributed by atoms with E-state index < -0.39 is 6.03 Å². The van der Waals surface area contributed by atoms with E-state index in [2.05, 4.69) is 15.7 Å². The lowest BCUT2D eigenvalue weighted by molar-refractivity contribution is -0.116. The van der Waals surface area contributed by atoms with E-state index in [0.717, 1.165) is 5.69 Å². The number of nitrogens with one attached hydrogen (secondary N) is 2. The van der Waals surface area contributed by atoms with Gasteiger partial charge in [-0.25, -0.2) is 9.48 Å². The number of nitrogens with zero attached hydrogens (tertiary/aromatic N) is 4. The molecular formula is C26H29ClN6O2. The molecule has 9 heteroatoms. The summed E-state index contributed by atoms with van der Waals surface area (Å²) < 4.78 is 1.61. The minimum atomic E-state index is -0.424. The Bertz CT molecular complexity index is 1260. The number of para-hydroxylation sites is 1. The van der Waals surface area contributed by atoms with Crippen LogP contribution in [-0.2, 0) is 10.2 Å². The van der Waals surface area contributed by atoms with E-state index in [4.69, 9.17) is 16.9 Å². The summed E-state index contributed by atoms with van der Waals surface area (Å²) in [6, 6.07) is 17.3. The molecule has 0 bridgehead atoms. The quantitative estimate of drug-likeness (QED) is 0.449. The third-order valence-electron chi connectivity index (χ3n) is 5.18. The maximum Gasteiger partial charge on any atom is 0.322 e. The zero-order valence-electron chi connectivity index (χ0n) is 20.3. The zero-order chi connectivity index (χ0) is 25.6. The molecule has 0 saturated carbocycles. The molecule has 8 nitrogen and oxygen atoms in total. The van der Waals surface area contributed by atoms with Gasteiger partial charge in [-0.1, -0.05) is 57.5 Å². The molecule has 0 aliphatic heterocycles. The van der Waals surface area contributed by atoms with Crippen molar-refractivity contribution < 1.29 is 9.59 Å². The van der Waals surface area contributed by atoms with Crippen LogP contribution in [0.15, 0.2) is 54.6 Å². The first kappa shape index (κ1) is 25.8. The van der Waals surface area contributed by atoms with Crippen molar-refractivity contribution in [3.05, 3.63) is 70.9 Å². The number of aromatic nitrogens is 2. The second-order valence-electron chi connectivity index (χ2n) is 9.12. The predicted molar refractivity (Wildman–Crippen MR) is 138 cm³/mol. The standard InChI is InChI=1S/C26H29ClN6O2/c1-5-13-32(25(35)29-19-10-8-9-18(14-19)16-28)17-24(34)30-23-15-22(26(2,3)4)31-33(23)21-12-7-6-11-20(21)27/h6-12,14-15H,5,13,17H2,1-4H3,(H,29,35)(H,30,34). The second kappa shape index (κ2) is 11.1. The topological polar surface area (TPSA) is 103 Å². The van der Waals surface area contributed by atoms with Crippen LogP contribution in [0.2, 0.25) is 5.02 Å². The Balaban J connectivity index is 1.81. The predicted octanol–water partition coefficient (Wildman–Crippen LogP) is 5.58. The molecule has 0 spiro atoms. The lowest BCUT2D eigenvalue weighted by Gasteiger charge is -2.22. The van der Waals surface area contributed by atoms with Gasteiger partial charge in [0.25, 0.3) is 0 Å². The highest BCUT2D eigenvalue weighted by molar-refractivity contribution is 6.32. The average Bonchev–Trinajstić information content (AvgIpc) is 3.23. The Kier molecular flexibility index (Phi) is 8.15. The van der Waals surface area contributed by atoms with Gasteiger partial charge in [0.15, 0.2) is 0 Å². The normalized spacial score (nSPS) is 11.0. The van der Waals surface area contributed by atoms with E-state index in [9.17, 15) is 9.59 Å². The van der Waals surface area contributed by atoms with Crippen LogP contribution >= 0.6 is 11.6 Å². The molecule has 1 aromatic heterocycles. The van der Waals surface area contributed by atoms with Crippen LogP contribution in [0.25, 0.3) is 5.69 Å². The van der Waals surface area contributed by atoms with Crippen LogP contribution < -0.4 is 10.6 Å². The fourth-order valence-electron chi connectivity index (χ4n) is 3.39. The van der Waals surface area contributed by atoms with Crippen molar-refractivity contribution >= 4 is 35.0 Å². The molecule has 182 valence electrons. The van der Waals surface area contributed by atoms with Crippen molar-refractivity contribution in [2.75, 3.05) is 23.7 Å². The van der Waals surface area contributed by atoms with Gasteiger partial charge in [0, 0.05) is 23.7 Å². The van der Waals surface area contributed by atoms with Crippen molar-refractivity contribution in [3.63, 3.8) is 0 Å². The van der Waals surface area contributed by atoms with Crippen molar-refractivity contribution in [1.82, 2.24) is 14.7 Å². The summed E-state index contributed by atoms with van der Waals surface area (Å²) >= 11 is 6.40. The molecular weight excluding hydrogens is 464 g/mol. The molecule has 0 aliphatic carbocycles. The number of rotatable bonds is 7. The van der Waals surface area contributed by atoms with Gasteiger partial charge >= 0.3 is 6.03 Å². The molecule has 3 aromatic rings. The van der Waals surface area contributed by atoms with Crippen molar-refractivity contribution in [1.29, 1.82) is 5.26 Å². The first-order valence-corrected chi connectivity index (χ1v) is 11.7. The third kappa shape index (κ3) is 6.61. The molecule has 0 aliphatic rings. The van der Waals surface area contributed by atoms with Crippen molar-refractivity contribution in [2.45, 2.75) is 39.5 Å². The fraction of sp³-hybridized carbons (Fsp3) is 0.308. The molecule has 0 fully saturated rings. The number of anilines is 2. The zero-order valence-corrected chi connectivity index (χ0v) is 21.1. The third-order valence-corrected chi connectivity index (χ3v) is 5.50. The van der Waals surface area contributed by atoms with Crippen LogP contribution in [0.5, 0.6) is 0 Å². The Morgan fingerprint density at radius 3 is 2.51 bits per heavy atom. The van der Waals surface area contributed by atoms with E-state index in [1.807, 2.05) is 58.0 Å². The minimum Gasteiger partial charge on any atom is -0.315 e. The number of halogens is 1. The van der Waals surface area contributed by atoms with E-state index in [1.54, 1.807) is 35.0 Å². The average molecular weight is 493 g/mol. The number of carbonyl (C=O) groups excluding carboxylic acids is 2. The molecule has 0 unspecified atom stereocenters. The van der Waals surface area contributed by atoms with E-state index in [0.29, 0.717) is 40.7 Å². The minimum absolute atomic E-state index is 0.157. The molecule has 3 amide bonds. The molecule has 2 N–H and O–H groups in total. The second-order valence-corrected chi connectivity index (χ2v) is 9.53. The van der Waals surface area contributed by atoms with Gasteiger partial charge < -0.3 is 15.5 Å². The molecule has 0 atom stereocenters. The summed E-state index contributed by atoms with van der Waals surface area (Å²) in [4.78, 5) is 27.3. The number of urea groups is 1. The molecule has 0 radical (unpaired) electrons. The number of nitriles is 1. The molecule has 2 aromatic carbocycles. The Hall–Kier alpha value is -3.83. The van der Waals surface area contributed by atoms with Crippen LogP contribution in [-0.4, -0.2) is 39.7 Å². The summed E-state index contributed by atoms with van der Waals surface area (Å²) in [6.07, 6.45) is 0.671. The number of amides is 3. The monoisotopic (exact) mass is 492 g/mol. The van der Waals surface area contributed by atoms with Gasteiger partial charge in [-0.05, 0) is 36.8 Å². The van der Waals surface area contributed by atoms with Gasteiger partial charge in [-0.15, -0.1) is 0 Å². The number of hydrogen-bond donors (Lipinski definition) is 2. The lowest BCUT2D eigenvalue weighted by Crippen LogP contribution is -2.41. The largest absolute Gasteiger partial charge is 0.322 e. The van der Waals surface area contributed by atoms with E-state index in [1.165, 1.54) is 4.90 Å². The van der Waals surface area contributed by atoms with Crippen molar-refractivity contribution in [2.24, 2.45) is 0 Å². The van der Waals surface area contributed by atoms with Crippen LogP contribution in [0.1, 0.15) is 45.4 Å². The van der Waals surface area contributed by atoms with Gasteiger partial charge in [-0.2, -0.15) is 10.4 Å². The number of benzene rings is 2. The highest BCUT2D eigenvalue weighted by Gasteiger charge is 2.23. The van der Waals surface area contributed by atoms with Gasteiger partial charge in [0.2, 0.25) is 5.91 Å². The van der Waals surface area contributed by atoms with E-state index >= 15 is 0 Å². The molecule has 35 heavy (non-hydrogen) atoms. The number of hydrogen-bond acceptors (Lipinski definition) is 4. The van der Waals surface area contributed by atoms with Crippen LogP contribution in [0.3, 0.4) is 0 Å². The maximum atomic E-state index is 13.0. The first-order valence-electron chi connectivity index (χ1n) is 11.3. The van der Waals surface area contributed by atoms with Crippen molar-refractivity contribution in [3.8, 4) is 11.8 Å². The number of carbonyl (C=O) groups is 2. The lowest BCUT2D eigenvalue weighted by atomic mass is 9.92. The summed E-state index contributed by atoms with van der Waals surface area (Å²) in [5.41, 5.74) is 2.10. The van der Waals surface area contributed by atoms with Gasteiger partial charge in [0.1, 0.15) is 12.4 Å². The summed E-state index contributed by atoms with van der Waals surface area (Å²) in [5.74, 6) is 0.0969. The highest BCUT2D eigenvalue weighted by atomic mass is 35.5. The molecule has 1 heterocycles. The van der Waals surface area contributed by atoms with Crippen LogP contribution in [0.4, 0.5) is 16.3 Å². The Morgan fingerprint density at radius 2 is 1.86 bits per heavy atom. The Labute approximate surface area is 210 Å². The summed E-state index contributed by atoms with van der Waals surface area (Å²) in [6.45, 7) is 8.26. The smallest absolute Gasteiger partial charge is 0.315 e. The summed E-state index contributed by atoms with van der Waals surface area (Å²) in [7, 11) is 0. The van der Waals surface area contributed by atoms with Crippen LogP contribution in [0, 0.1) is 11.3 Å². The maximum absolute atomic E-state index is 13.0. The molecule has 0 saturated heterocycles. The van der Waals surface area contributed by atoms with Gasteiger partial charge in [0.05, 0.1) is 28.0 Å². The highest BCUT2D eigenvalue weighted by Crippen LogP contribution is 2.29. The molecule has 3 rings (SSSR count). The SMILES string of the molecule is CCCN(CC(=O)Nc1cc(C(C)(C)C)nn1-c1ccccc1Cl)C(=O)Nc1cccc(C#N)c1. The first-order chi connectivity index (χ1) is 16.6. The van der Waals surface area contributed by atoms with Gasteiger partial charge in [-0.3, -0.25) is 4.79 Å².